The molecule has 0 atom stereocenters. The van der Waals surface area contributed by atoms with Gasteiger partial charge in [-0.25, -0.2) is 5.43 Å². The molecule has 6 nitrogen and oxygen atoms in total. The van der Waals surface area contributed by atoms with E-state index in [1.54, 1.807) is 36.5 Å². The molecule has 0 unspecified atom stereocenters. The predicted molar refractivity (Wildman–Crippen MR) is 134 cm³/mol. The van der Waals surface area contributed by atoms with Gasteiger partial charge in [-0.05, 0) is 66.6 Å². The maximum absolute atomic E-state index is 12.5. The van der Waals surface area contributed by atoms with Crippen LogP contribution < -0.4 is 15.5 Å². The smallest absolute Gasteiger partial charge is 0.271 e. The Bertz CT molecular complexity index is 1330. The second-order valence-electron chi connectivity index (χ2n) is 7.54. The largest absolute Gasteiger partial charge is 0.457 e. The van der Waals surface area contributed by atoms with E-state index in [1.165, 1.54) is 0 Å². The maximum atomic E-state index is 12.5. The van der Waals surface area contributed by atoms with Gasteiger partial charge in [-0.15, -0.1) is 0 Å². The molecule has 34 heavy (non-hydrogen) atoms. The first-order valence-electron chi connectivity index (χ1n) is 10.7. The van der Waals surface area contributed by atoms with Crippen molar-refractivity contribution in [3.63, 3.8) is 0 Å². The summed E-state index contributed by atoms with van der Waals surface area (Å²) in [4.78, 5) is 25.1. The van der Waals surface area contributed by atoms with E-state index in [1.807, 2.05) is 79.7 Å². The topological polar surface area (TPSA) is 79.8 Å². The molecule has 0 heterocycles. The van der Waals surface area contributed by atoms with Crippen LogP contribution in [0.2, 0.25) is 0 Å². The molecule has 4 rings (SSSR count). The summed E-state index contributed by atoms with van der Waals surface area (Å²) in [6, 6.07) is 30.9. The van der Waals surface area contributed by atoms with Gasteiger partial charge >= 0.3 is 0 Å². The van der Waals surface area contributed by atoms with Gasteiger partial charge in [0.15, 0.2) is 0 Å². The monoisotopic (exact) mass is 449 g/mol. The first kappa shape index (κ1) is 22.5. The number of benzene rings is 4. The molecule has 0 bridgehead atoms. The van der Waals surface area contributed by atoms with Crippen LogP contribution in [0.4, 0.5) is 5.69 Å². The number of hydrazone groups is 1. The lowest BCUT2D eigenvalue weighted by atomic mass is 10.1. The summed E-state index contributed by atoms with van der Waals surface area (Å²) in [5.74, 6) is 0.782. The second kappa shape index (κ2) is 10.7. The molecule has 4 aromatic carbocycles. The van der Waals surface area contributed by atoms with E-state index in [9.17, 15) is 9.59 Å². The van der Waals surface area contributed by atoms with Crippen molar-refractivity contribution in [1.29, 1.82) is 0 Å². The summed E-state index contributed by atoms with van der Waals surface area (Å²) < 4.78 is 5.82. The van der Waals surface area contributed by atoms with Gasteiger partial charge in [0.1, 0.15) is 11.5 Å². The standard InChI is InChI=1S/C28H23N3O3/c1-20-9-5-6-16-26(20)28(33)30-23-12-8-11-22(18-23)27(32)31-29-19-21-10-7-15-25(17-21)34-24-13-3-2-4-14-24/h2-19H,1H3,(H,30,33)(H,31,32)/b29-19+. The van der Waals surface area contributed by atoms with Crippen molar-refractivity contribution in [3.8, 4) is 11.5 Å². The number of aryl methyl sites for hydroxylation is 1. The molecule has 6 heteroatoms. The summed E-state index contributed by atoms with van der Waals surface area (Å²) in [5.41, 5.74) is 5.65. The lowest BCUT2D eigenvalue weighted by Crippen LogP contribution is -2.18. The summed E-state index contributed by atoms with van der Waals surface area (Å²) in [6.45, 7) is 1.88. The van der Waals surface area contributed by atoms with E-state index in [-0.39, 0.29) is 11.8 Å². The summed E-state index contributed by atoms with van der Waals surface area (Å²) in [6.07, 6.45) is 1.54. The average Bonchev–Trinajstić information content (AvgIpc) is 2.85. The third-order valence-electron chi connectivity index (χ3n) is 4.99. The number of hydrogen-bond acceptors (Lipinski definition) is 4. The number of ether oxygens (including phenoxy) is 1. The van der Waals surface area contributed by atoms with Crippen LogP contribution in [0.3, 0.4) is 0 Å². The van der Waals surface area contributed by atoms with Crippen molar-refractivity contribution in [2.75, 3.05) is 5.32 Å². The third-order valence-corrected chi connectivity index (χ3v) is 4.99. The minimum absolute atomic E-state index is 0.230. The molecule has 0 aromatic heterocycles. The fourth-order valence-corrected chi connectivity index (χ4v) is 3.28. The Morgan fingerprint density at radius 2 is 1.50 bits per heavy atom. The molecule has 168 valence electrons. The molecule has 2 amide bonds. The third kappa shape index (κ3) is 5.95. The number of hydrogen-bond donors (Lipinski definition) is 2. The summed E-state index contributed by atoms with van der Waals surface area (Å²) in [5, 5.41) is 6.88. The quantitative estimate of drug-likeness (QED) is 0.276. The van der Waals surface area contributed by atoms with E-state index in [0.717, 1.165) is 16.9 Å². The number of rotatable bonds is 7. The van der Waals surface area contributed by atoms with E-state index < -0.39 is 0 Å². The van der Waals surface area contributed by atoms with Gasteiger partial charge in [0.25, 0.3) is 11.8 Å². The van der Waals surface area contributed by atoms with E-state index in [0.29, 0.717) is 22.6 Å². The zero-order chi connectivity index (χ0) is 23.8. The SMILES string of the molecule is Cc1ccccc1C(=O)Nc1cccc(C(=O)N/N=C/c2cccc(Oc3ccccc3)c2)c1. The number of amides is 2. The molecular weight excluding hydrogens is 426 g/mol. The first-order chi connectivity index (χ1) is 16.6. The fraction of sp³-hybridized carbons (Fsp3) is 0.0357. The Hall–Kier alpha value is -4.71. The molecule has 0 radical (unpaired) electrons. The van der Waals surface area contributed by atoms with Gasteiger partial charge in [0.05, 0.1) is 6.21 Å². The van der Waals surface area contributed by atoms with Crippen LogP contribution in [-0.4, -0.2) is 18.0 Å². The normalized spacial score (nSPS) is 10.6. The molecule has 4 aromatic rings. The van der Waals surface area contributed by atoms with Crippen molar-refractivity contribution in [2.45, 2.75) is 6.92 Å². The van der Waals surface area contributed by atoms with Gasteiger partial charge in [0, 0.05) is 16.8 Å². The van der Waals surface area contributed by atoms with Crippen LogP contribution in [0.15, 0.2) is 108 Å². The Morgan fingerprint density at radius 1 is 0.765 bits per heavy atom. The van der Waals surface area contributed by atoms with Crippen LogP contribution in [-0.2, 0) is 0 Å². The zero-order valence-electron chi connectivity index (χ0n) is 18.6. The van der Waals surface area contributed by atoms with Crippen LogP contribution in [0.25, 0.3) is 0 Å². The van der Waals surface area contributed by atoms with Crippen molar-refractivity contribution in [2.24, 2.45) is 5.10 Å². The van der Waals surface area contributed by atoms with Crippen LogP contribution in [0, 0.1) is 6.92 Å². The van der Waals surface area contributed by atoms with Gasteiger partial charge < -0.3 is 10.1 Å². The molecule has 0 aliphatic carbocycles. The summed E-state index contributed by atoms with van der Waals surface area (Å²) >= 11 is 0. The van der Waals surface area contributed by atoms with E-state index in [4.69, 9.17) is 4.74 Å². The number of anilines is 1. The molecule has 2 N–H and O–H groups in total. The molecule has 0 aliphatic heterocycles. The van der Waals surface area contributed by atoms with Crippen LogP contribution in [0.1, 0.15) is 31.8 Å². The Labute approximate surface area is 197 Å². The van der Waals surface area contributed by atoms with Crippen molar-refractivity contribution < 1.29 is 14.3 Å². The second-order valence-corrected chi connectivity index (χ2v) is 7.54. The lowest BCUT2D eigenvalue weighted by Gasteiger charge is -2.09. The molecule has 0 spiro atoms. The molecule has 0 saturated heterocycles. The predicted octanol–water partition coefficient (Wildman–Crippen LogP) is 5.80. The zero-order valence-corrected chi connectivity index (χ0v) is 18.6. The van der Waals surface area contributed by atoms with Crippen LogP contribution >= 0.6 is 0 Å². The highest BCUT2D eigenvalue weighted by Crippen LogP contribution is 2.21. The van der Waals surface area contributed by atoms with Gasteiger partial charge in [-0.1, -0.05) is 54.6 Å². The van der Waals surface area contributed by atoms with Crippen molar-refractivity contribution in [1.82, 2.24) is 5.43 Å². The molecule has 0 aliphatic rings. The van der Waals surface area contributed by atoms with E-state index >= 15 is 0 Å². The molecular formula is C28H23N3O3. The van der Waals surface area contributed by atoms with Crippen molar-refractivity contribution >= 4 is 23.7 Å². The number of nitrogens with one attached hydrogen (secondary N) is 2. The highest BCUT2D eigenvalue weighted by Gasteiger charge is 2.10. The maximum Gasteiger partial charge on any atom is 0.271 e. The number of para-hydroxylation sites is 1. The number of carbonyl (C=O) groups is 2. The minimum Gasteiger partial charge on any atom is -0.457 e. The fourth-order valence-electron chi connectivity index (χ4n) is 3.28. The van der Waals surface area contributed by atoms with Gasteiger partial charge in [-0.2, -0.15) is 5.10 Å². The van der Waals surface area contributed by atoms with Gasteiger partial charge in [-0.3, -0.25) is 9.59 Å². The Kier molecular flexibility index (Phi) is 7.10. The highest BCUT2D eigenvalue weighted by atomic mass is 16.5. The van der Waals surface area contributed by atoms with Crippen molar-refractivity contribution in [3.05, 3.63) is 125 Å². The average molecular weight is 450 g/mol. The number of carbonyl (C=O) groups excluding carboxylic acids is 2. The molecule has 0 saturated carbocycles. The first-order valence-corrected chi connectivity index (χ1v) is 10.7. The summed E-state index contributed by atoms with van der Waals surface area (Å²) in [7, 11) is 0. The minimum atomic E-state index is -0.389. The van der Waals surface area contributed by atoms with Gasteiger partial charge in [0.2, 0.25) is 0 Å². The Balaban J connectivity index is 1.37. The highest BCUT2D eigenvalue weighted by molar-refractivity contribution is 6.06. The lowest BCUT2D eigenvalue weighted by molar-refractivity contribution is 0.0953. The molecule has 0 fully saturated rings. The Morgan fingerprint density at radius 3 is 2.32 bits per heavy atom. The number of nitrogens with zero attached hydrogens (tertiary/aromatic N) is 1. The van der Waals surface area contributed by atoms with E-state index in [2.05, 4.69) is 15.8 Å². The van der Waals surface area contributed by atoms with Crippen LogP contribution in [0.5, 0.6) is 11.5 Å².